The number of Topliss-reactive ketones (excluding diaryl/α,β-unsaturated/α-hetero) is 1. The van der Waals surface area contributed by atoms with Gasteiger partial charge in [0.05, 0.1) is 39.4 Å². The molecule has 0 spiro atoms. The molecule has 2 heterocycles. The van der Waals surface area contributed by atoms with E-state index >= 15 is 0 Å². The first-order valence-corrected chi connectivity index (χ1v) is 12.1. The van der Waals surface area contributed by atoms with Crippen molar-refractivity contribution < 1.29 is 28.5 Å². The smallest absolute Gasteiger partial charge is 0.336 e. The van der Waals surface area contributed by atoms with Crippen molar-refractivity contribution in [2.45, 2.75) is 38.5 Å². The van der Waals surface area contributed by atoms with Gasteiger partial charge in [0.1, 0.15) is 5.75 Å². The Kier molecular flexibility index (Phi) is 6.97. The molecule has 1 aromatic heterocycles. The minimum Gasteiger partial charge on any atom is -0.496 e. The number of benzene rings is 1. The summed E-state index contributed by atoms with van der Waals surface area (Å²) < 4.78 is 22.1. The maximum absolute atomic E-state index is 13.7. The Labute approximate surface area is 203 Å². The summed E-state index contributed by atoms with van der Waals surface area (Å²) in [6.07, 6.45) is 1.06. The van der Waals surface area contributed by atoms with E-state index in [1.54, 1.807) is 51.7 Å². The molecule has 4 rings (SSSR count). The highest BCUT2D eigenvalue weighted by molar-refractivity contribution is 7.10. The highest BCUT2D eigenvalue weighted by atomic mass is 32.1. The Morgan fingerprint density at radius 2 is 1.79 bits per heavy atom. The fraction of sp³-hybridized carbons (Fsp3) is 0.385. The van der Waals surface area contributed by atoms with Gasteiger partial charge in [0.15, 0.2) is 17.3 Å². The van der Waals surface area contributed by atoms with Gasteiger partial charge in [-0.1, -0.05) is 6.07 Å². The summed E-state index contributed by atoms with van der Waals surface area (Å²) in [5, 5.41) is 5.39. The molecule has 1 aliphatic heterocycles. The van der Waals surface area contributed by atoms with Gasteiger partial charge >= 0.3 is 5.97 Å². The molecule has 2 aromatic rings. The van der Waals surface area contributed by atoms with Gasteiger partial charge < -0.3 is 24.3 Å². The Morgan fingerprint density at radius 1 is 1.09 bits per heavy atom. The van der Waals surface area contributed by atoms with Gasteiger partial charge in [-0.05, 0) is 37.8 Å². The zero-order valence-electron chi connectivity index (χ0n) is 20.0. The SMILES string of the molecule is CCOC(=O)C1=C(C)NC2=C(C(=O)C[C@@H](c3cccs3)C2)[C@@H]1c1cc(OC)c(OC)cc1OC. The first-order valence-electron chi connectivity index (χ1n) is 11.2. The summed E-state index contributed by atoms with van der Waals surface area (Å²) >= 11 is 1.66. The average Bonchev–Trinajstić information content (AvgIpc) is 3.37. The second kappa shape index (κ2) is 9.93. The van der Waals surface area contributed by atoms with Crippen LogP contribution >= 0.6 is 11.3 Å². The quantitative estimate of drug-likeness (QED) is 0.572. The van der Waals surface area contributed by atoms with Gasteiger partial charge in [-0.15, -0.1) is 11.3 Å². The maximum atomic E-state index is 13.7. The number of thiophene rings is 1. The predicted molar refractivity (Wildman–Crippen MR) is 130 cm³/mol. The lowest BCUT2D eigenvalue weighted by Gasteiger charge is -2.37. The number of methoxy groups -OCH3 is 3. The highest BCUT2D eigenvalue weighted by Gasteiger charge is 2.43. The van der Waals surface area contributed by atoms with Crippen LogP contribution in [0.3, 0.4) is 0 Å². The molecule has 0 bridgehead atoms. The van der Waals surface area contributed by atoms with Crippen molar-refractivity contribution in [1.29, 1.82) is 0 Å². The molecule has 7 nitrogen and oxygen atoms in total. The topological polar surface area (TPSA) is 83.1 Å². The molecular weight excluding hydrogens is 454 g/mol. The number of carbonyl (C=O) groups excluding carboxylic acids is 2. The van der Waals surface area contributed by atoms with E-state index in [0.29, 0.717) is 52.5 Å². The third-order valence-electron chi connectivity index (χ3n) is 6.32. The summed E-state index contributed by atoms with van der Waals surface area (Å²) in [5.41, 5.74) is 3.13. The average molecular weight is 484 g/mol. The van der Waals surface area contributed by atoms with Crippen LogP contribution in [0.15, 0.2) is 52.2 Å². The summed E-state index contributed by atoms with van der Waals surface area (Å²) in [5.74, 6) is 0.471. The van der Waals surface area contributed by atoms with Gasteiger partial charge in [-0.2, -0.15) is 0 Å². The standard InChI is InChI=1S/C26H29NO6S/c1-6-33-26(29)23-14(2)27-17-10-15(22-8-7-9-34-22)11-18(28)25(17)24(23)16-12-20(31-4)21(32-5)13-19(16)30-3/h7-9,12-13,15,24,27H,6,10-11H2,1-5H3/t15-,24+/m0/s1. The monoisotopic (exact) mass is 483 g/mol. The van der Waals surface area contributed by atoms with E-state index in [4.69, 9.17) is 18.9 Å². The van der Waals surface area contributed by atoms with Crippen molar-refractivity contribution >= 4 is 23.1 Å². The summed E-state index contributed by atoms with van der Waals surface area (Å²) in [6, 6.07) is 7.57. The first kappa shape index (κ1) is 23.9. The minimum absolute atomic E-state index is 0.00304. The van der Waals surface area contributed by atoms with Gasteiger partial charge in [-0.3, -0.25) is 4.79 Å². The van der Waals surface area contributed by atoms with Crippen LogP contribution in [0, 0.1) is 0 Å². The van der Waals surface area contributed by atoms with Crippen molar-refractivity contribution in [2.75, 3.05) is 27.9 Å². The molecule has 0 saturated heterocycles. The molecule has 180 valence electrons. The highest BCUT2D eigenvalue weighted by Crippen LogP contribution is 2.50. The number of rotatable bonds is 7. The zero-order valence-corrected chi connectivity index (χ0v) is 20.8. The molecule has 34 heavy (non-hydrogen) atoms. The van der Waals surface area contributed by atoms with E-state index in [1.807, 2.05) is 18.4 Å². The Morgan fingerprint density at radius 3 is 2.41 bits per heavy atom. The lowest BCUT2D eigenvalue weighted by atomic mass is 9.72. The van der Waals surface area contributed by atoms with Crippen molar-refractivity contribution in [3.05, 3.63) is 62.6 Å². The van der Waals surface area contributed by atoms with Gasteiger partial charge in [0, 0.05) is 45.8 Å². The Bertz CT molecular complexity index is 1160. The number of ether oxygens (including phenoxy) is 4. The normalized spacial score (nSPS) is 20.0. The van der Waals surface area contributed by atoms with Crippen LogP contribution < -0.4 is 19.5 Å². The number of carbonyl (C=O) groups is 2. The zero-order chi connectivity index (χ0) is 24.4. The van der Waals surface area contributed by atoms with E-state index in [0.717, 1.165) is 5.70 Å². The lowest BCUT2D eigenvalue weighted by molar-refractivity contribution is -0.138. The molecule has 2 atom stereocenters. The number of allylic oxidation sites excluding steroid dienone is 3. The molecule has 0 amide bonds. The van der Waals surface area contributed by atoms with Crippen molar-refractivity contribution in [3.8, 4) is 17.2 Å². The van der Waals surface area contributed by atoms with Crippen LogP contribution in [0.25, 0.3) is 0 Å². The van der Waals surface area contributed by atoms with Crippen molar-refractivity contribution in [1.82, 2.24) is 5.32 Å². The third kappa shape index (κ3) is 4.18. The second-order valence-electron chi connectivity index (χ2n) is 8.20. The number of hydrogen-bond acceptors (Lipinski definition) is 8. The number of hydrogen-bond donors (Lipinski definition) is 1. The molecule has 1 aromatic carbocycles. The fourth-order valence-electron chi connectivity index (χ4n) is 4.83. The fourth-order valence-corrected chi connectivity index (χ4v) is 5.66. The minimum atomic E-state index is -0.651. The van der Waals surface area contributed by atoms with E-state index in [1.165, 1.54) is 4.88 Å². The molecule has 1 aliphatic carbocycles. The van der Waals surface area contributed by atoms with Crippen molar-refractivity contribution in [3.63, 3.8) is 0 Å². The van der Waals surface area contributed by atoms with E-state index in [-0.39, 0.29) is 18.3 Å². The molecule has 0 unspecified atom stereocenters. The molecule has 0 radical (unpaired) electrons. The number of esters is 1. The molecule has 8 heteroatoms. The largest absolute Gasteiger partial charge is 0.496 e. The molecule has 0 saturated carbocycles. The summed E-state index contributed by atoms with van der Waals surface area (Å²) in [4.78, 5) is 28.0. The van der Waals surface area contributed by atoms with Gasteiger partial charge in [-0.25, -0.2) is 4.79 Å². The van der Waals surface area contributed by atoms with E-state index in [9.17, 15) is 9.59 Å². The van der Waals surface area contributed by atoms with Crippen molar-refractivity contribution in [2.24, 2.45) is 0 Å². The maximum Gasteiger partial charge on any atom is 0.336 e. The predicted octanol–water partition coefficient (Wildman–Crippen LogP) is 4.70. The van der Waals surface area contributed by atoms with Gasteiger partial charge in [0.2, 0.25) is 0 Å². The van der Waals surface area contributed by atoms with E-state index < -0.39 is 11.9 Å². The van der Waals surface area contributed by atoms with Crippen LogP contribution in [-0.2, 0) is 14.3 Å². The first-order chi connectivity index (χ1) is 16.4. The van der Waals surface area contributed by atoms with E-state index in [2.05, 4.69) is 11.4 Å². The number of ketones is 1. The molecule has 0 fully saturated rings. The van der Waals surface area contributed by atoms with Crippen LogP contribution in [0.1, 0.15) is 49.0 Å². The summed E-state index contributed by atoms with van der Waals surface area (Å²) in [6.45, 7) is 3.83. The second-order valence-corrected chi connectivity index (χ2v) is 9.18. The third-order valence-corrected chi connectivity index (χ3v) is 7.35. The van der Waals surface area contributed by atoms with Crippen LogP contribution in [0.5, 0.6) is 17.2 Å². The molecular formula is C26H29NO6S. The number of dihydropyridines is 1. The molecule has 2 aliphatic rings. The van der Waals surface area contributed by atoms with Gasteiger partial charge in [0.25, 0.3) is 0 Å². The Hall–Kier alpha value is -3.26. The summed E-state index contributed by atoms with van der Waals surface area (Å²) in [7, 11) is 4.65. The van der Waals surface area contributed by atoms with Crippen LogP contribution in [-0.4, -0.2) is 39.7 Å². The Balaban J connectivity index is 1.91. The molecule has 1 N–H and O–H groups in total. The van der Waals surface area contributed by atoms with Crippen LogP contribution in [0.2, 0.25) is 0 Å². The number of nitrogens with one attached hydrogen (secondary N) is 1. The van der Waals surface area contributed by atoms with Crippen LogP contribution in [0.4, 0.5) is 0 Å². The lowest BCUT2D eigenvalue weighted by Crippen LogP contribution is -2.36.